The van der Waals surface area contributed by atoms with E-state index in [2.05, 4.69) is 26.6 Å². The summed E-state index contributed by atoms with van der Waals surface area (Å²) >= 11 is 3.14. The third kappa shape index (κ3) is 5.48. The van der Waals surface area contributed by atoms with Crippen LogP contribution in [-0.4, -0.2) is 25.5 Å². The Morgan fingerprint density at radius 1 is 1.41 bits per heavy atom. The summed E-state index contributed by atoms with van der Waals surface area (Å²) in [5.74, 6) is -0.904. The molecule has 0 saturated carbocycles. The molecule has 96 valence electrons. The standard InChI is InChI=1S/C11H14BrFN2O.ClH/c1-2-14-5-6-15-11(16)9-4-3-8(12)7-10(9)13;/h3-4,7,14H,2,5-6H2,1H3,(H,15,16);1H. The Morgan fingerprint density at radius 3 is 2.71 bits per heavy atom. The number of nitrogens with one attached hydrogen (secondary N) is 2. The van der Waals surface area contributed by atoms with Crippen molar-refractivity contribution in [2.75, 3.05) is 19.6 Å². The van der Waals surface area contributed by atoms with Gasteiger partial charge in [-0.15, -0.1) is 12.4 Å². The van der Waals surface area contributed by atoms with E-state index < -0.39 is 5.82 Å². The van der Waals surface area contributed by atoms with E-state index in [4.69, 9.17) is 0 Å². The maximum atomic E-state index is 13.4. The lowest BCUT2D eigenvalue weighted by Crippen LogP contribution is -2.32. The van der Waals surface area contributed by atoms with Crippen molar-refractivity contribution in [1.82, 2.24) is 10.6 Å². The first kappa shape index (κ1) is 16.4. The van der Waals surface area contributed by atoms with Gasteiger partial charge >= 0.3 is 0 Å². The van der Waals surface area contributed by atoms with Crippen LogP contribution in [0.3, 0.4) is 0 Å². The third-order valence-corrected chi connectivity index (χ3v) is 2.51. The van der Waals surface area contributed by atoms with E-state index in [1.54, 1.807) is 6.07 Å². The van der Waals surface area contributed by atoms with Gasteiger partial charge in [0.25, 0.3) is 5.91 Å². The Hall–Kier alpha value is -0.650. The van der Waals surface area contributed by atoms with Gasteiger partial charge in [-0.3, -0.25) is 4.79 Å². The molecule has 3 nitrogen and oxygen atoms in total. The molecule has 17 heavy (non-hydrogen) atoms. The monoisotopic (exact) mass is 324 g/mol. The van der Waals surface area contributed by atoms with Gasteiger partial charge in [0.1, 0.15) is 5.82 Å². The van der Waals surface area contributed by atoms with E-state index in [9.17, 15) is 9.18 Å². The maximum absolute atomic E-state index is 13.4. The molecule has 1 aromatic carbocycles. The third-order valence-electron chi connectivity index (χ3n) is 2.01. The minimum absolute atomic E-state index is 0. The van der Waals surface area contributed by atoms with Crippen molar-refractivity contribution in [3.8, 4) is 0 Å². The van der Waals surface area contributed by atoms with Crippen LogP contribution in [0.5, 0.6) is 0 Å². The summed E-state index contributed by atoms with van der Waals surface area (Å²) < 4.78 is 14.0. The number of halogens is 3. The lowest BCUT2D eigenvalue weighted by Gasteiger charge is -2.06. The second-order valence-corrected chi connectivity index (χ2v) is 4.15. The molecule has 1 aromatic rings. The highest BCUT2D eigenvalue weighted by atomic mass is 79.9. The highest BCUT2D eigenvalue weighted by Gasteiger charge is 2.10. The zero-order valence-corrected chi connectivity index (χ0v) is 11.8. The Morgan fingerprint density at radius 2 is 2.12 bits per heavy atom. The van der Waals surface area contributed by atoms with Crippen LogP contribution in [0.4, 0.5) is 4.39 Å². The largest absolute Gasteiger partial charge is 0.351 e. The number of carbonyl (C=O) groups is 1. The van der Waals surface area contributed by atoms with Crippen LogP contribution >= 0.6 is 28.3 Å². The molecule has 0 heterocycles. The first-order valence-corrected chi connectivity index (χ1v) is 5.88. The minimum atomic E-state index is -0.518. The topological polar surface area (TPSA) is 41.1 Å². The van der Waals surface area contributed by atoms with Gasteiger partial charge in [0, 0.05) is 17.6 Å². The quantitative estimate of drug-likeness (QED) is 0.816. The molecule has 0 spiro atoms. The maximum Gasteiger partial charge on any atom is 0.254 e. The molecule has 0 aliphatic carbocycles. The fourth-order valence-corrected chi connectivity index (χ4v) is 1.54. The van der Waals surface area contributed by atoms with E-state index in [-0.39, 0.29) is 23.9 Å². The molecule has 0 unspecified atom stereocenters. The summed E-state index contributed by atoms with van der Waals surface area (Å²) in [5.41, 5.74) is 0.0692. The van der Waals surface area contributed by atoms with E-state index in [0.717, 1.165) is 6.54 Å². The highest BCUT2D eigenvalue weighted by Crippen LogP contribution is 2.14. The Balaban J connectivity index is 0.00000256. The van der Waals surface area contributed by atoms with Crippen LogP contribution in [0.25, 0.3) is 0 Å². The predicted molar refractivity (Wildman–Crippen MR) is 72.2 cm³/mol. The average molecular weight is 326 g/mol. The van der Waals surface area contributed by atoms with Crippen LogP contribution in [0.2, 0.25) is 0 Å². The summed E-state index contributed by atoms with van der Waals surface area (Å²) in [5, 5.41) is 5.70. The molecule has 0 bridgehead atoms. The molecule has 0 atom stereocenters. The number of likely N-dealkylation sites (N-methyl/N-ethyl adjacent to an activating group) is 1. The van der Waals surface area contributed by atoms with Gasteiger partial charge in [-0.25, -0.2) is 4.39 Å². The van der Waals surface area contributed by atoms with Gasteiger partial charge in [-0.05, 0) is 24.7 Å². The molecule has 0 aromatic heterocycles. The lowest BCUT2D eigenvalue weighted by atomic mass is 10.2. The molecule has 1 rings (SSSR count). The average Bonchev–Trinajstić information content (AvgIpc) is 2.24. The second-order valence-electron chi connectivity index (χ2n) is 3.23. The summed E-state index contributed by atoms with van der Waals surface area (Å²) in [7, 11) is 0. The summed E-state index contributed by atoms with van der Waals surface area (Å²) in [6, 6.07) is 4.38. The zero-order chi connectivity index (χ0) is 12.0. The number of hydrogen-bond acceptors (Lipinski definition) is 2. The van der Waals surface area contributed by atoms with Crippen LogP contribution in [0, 0.1) is 5.82 Å². The van der Waals surface area contributed by atoms with Crippen LogP contribution in [0.15, 0.2) is 22.7 Å². The molecular formula is C11H15BrClFN2O. The van der Waals surface area contributed by atoms with Crippen LogP contribution < -0.4 is 10.6 Å². The number of benzene rings is 1. The molecule has 1 amide bonds. The fraction of sp³-hybridized carbons (Fsp3) is 0.364. The van der Waals surface area contributed by atoms with E-state index in [1.807, 2.05) is 6.92 Å². The van der Waals surface area contributed by atoms with Gasteiger partial charge in [-0.2, -0.15) is 0 Å². The van der Waals surface area contributed by atoms with Gasteiger partial charge in [-0.1, -0.05) is 22.9 Å². The number of amides is 1. The number of hydrogen-bond donors (Lipinski definition) is 2. The molecule has 0 saturated heterocycles. The molecular weight excluding hydrogens is 310 g/mol. The summed E-state index contributed by atoms with van der Waals surface area (Å²) in [4.78, 5) is 11.5. The summed E-state index contributed by atoms with van der Waals surface area (Å²) in [6.45, 7) is 4.00. The Labute approximate surface area is 115 Å². The van der Waals surface area contributed by atoms with Crippen LogP contribution in [0.1, 0.15) is 17.3 Å². The van der Waals surface area contributed by atoms with E-state index in [0.29, 0.717) is 17.6 Å². The van der Waals surface area contributed by atoms with Gasteiger partial charge in [0.15, 0.2) is 0 Å². The molecule has 0 aliphatic heterocycles. The zero-order valence-electron chi connectivity index (χ0n) is 9.43. The van der Waals surface area contributed by atoms with Gasteiger partial charge in [0.2, 0.25) is 0 Å². The van der Waals surface area contributed by atoms with Crippen molar-refractivity contribution in [2.24, 2.45) is 0 Å². The normalized spacial score (nSPS) is 9.59. The van der Waals surface area contributed by atoms with Gasteiger partial charge < -0.3 is 10.6 Å². The fourth-order valence-electron chi connectivity index (χ4n) is 1.21. The number of carbonyl (C=O) groups excluding carboxylic acids is 1. The molecule has 2 N–H and O–H groups in total. The molecule has 0 aliphatic rings. The first-order chi connectivity index (χ1) is 7.65. The predicted octanol–water partition coefficient (Wildman–Crippen LogP) is 2.35. The minimum Gasteiger partial charge on any atom is -0.351 e. The van der Waals surface area contributed by atoms with Crippen molar-refractivity contribution >= 4 is 34.2 Å². The molecule has 0 fully saturated rings. The van der Waals surface area contributed by atoms with E-state index >= 15 is 0 Å². The molecule has 6 heteroatoms. The van der Waals surface area contributed by atoms with E-state index in [1.165, 1.54) is 12.1 Å². The second kappa shape index (κ2) is 8.44. The highest BCUT2D eigenvalue weighted by molar-refractivity contribution is 9.10. The smallest absolute Gasteiger partial charge is 0.254 e. The van der Waals surface area contributed by atoms with Gasteiger partial charge in [0.05, 0.1) is 5.56 Å². The van der Waals surface area contributed by atoms with Crippen molar-refractivity contribution < 1.29 is 9.18 Å². The van der Waals surface area contributed by atoms with Crippen molar-refractivity contribution in [3.05, 3.63) is 34.1 Å². The molecule has 0 radical (unpaired) electrons. The van der Waals surface area contributed by atoms with Crippen molar-refractivity contribution in [2.45, 2.75) is 6.92 Å². The van der Waals surface area contributed by atoms with Crippen molar-refractivity contribution in [3.63, 3.8) is 0 Å². The lowest BCUT2D eigenvalue weighted by molar-refractivity contribution is 0.0950. The summed E-state index contributed by atoms with van der Waals surface area (Å²) in [6.07, 6.45) is 0. The Bertz CT molecular complexity index is 376. The Kier molecular flexibility index (Phi) is 8.12. The SMILES string of the molecule is CCNCCNC(=O)c1ccc(Br)cc1F.Cl. The number of rotatable bonds is 5. The van der Waals surface area contributed by atoms with Crippen LogP contribution in [-0.2, 0) is 0 Å². The van der Waals surface area contributed by atoms with Crippen molar-refractivity contribution in [1.29, 1.82) is 0 Å². The first-order valence-electron chi connectivity index (χ1n) is 5.09.